The van der Waals surface area contributed by atoms with Gasteiger partial charge in [0.2, 0.25) is 5.95 Å². The quantitative estimate of drug-likeness (QED) is 0.825. The molecule has 0 bridgehead atoms. The van der Waals surface area contributed by atoms with Gasteiger partial charge in [0.05, 0.1) is 6.54 Å². The number of carbonyl (C=O) groups is 1. The van der Waals surface area contributed by atoms with E-state index in [0.29, 0.717) is 6.54 Å². The maximum atomic E-state index is 12.7. The molecule has 6 heteroatoms. The van der Waals surface area contributed by atoms with Crippen molar-refractivity contribution in [3.63, 3.8) is 0 Å². The topological polar surface area (TPSA) is 54.9 Å². The molecule has 82 valence electrons. The Kier molecular flexibility index (Phi) is 3.21. The van der Waals surface area contributed by atoms with E-state index in [1.807, 2.05) is 5.38 Å². The van der Waals surface area contributed by atoms with Crippen molar-refractivity contribution in [1.82, 2.24) is 15.3 Å². The molecule has 0 atom stereocenters. The average molecular weight is 237 g/mol. The second-order valence-corrected chi connectivity index (χ2v) is 3.93. The summed E-state index contributed by atoms with van der Waals surface area (Å²) in [6, 6.07) is 4.10. The first kappa shape index (κ1) is 10.7. The van der Waals surface area contributed by atoms with E-state index in [-0.39, 0.29) is 5.69 Å². The number of rotatable bonds is 3. The van der Waals surface area contributed by atoms with Crippen LogP contribution in [-0.4, -0.2) is 15.9 Å². The number of amides is 1. The van der Waals surface area contributed by atoms with Gasteiger partial charge in [-0.3, -0.25) is 4.79 Å². The second kappa shape index (κ2) is 4.80. The van der Waals surface area contributed by atoms with E-state index in [0.717, 1.165) is 5.01 Å². The van der Waals surface area contributed by atoms with Gasteiger partial charge in [0.25, 0.3) is 5.91 Å². The lowest BCUT2D eigenvalue weighted by atomic mass is 10.3. The van der Waals surface area contributed by atoms with Crippen LogP contribution in [0.1, 0.15) is 15.5 Å². The minimum Gasteiger partial charge on any atom is -0.344 e. The molecule has 0 aromatic carbocycles. The Labute approximate surface area is 95.2 Å². The monoisotopic (exact) mass is 237 g/mol. The summed E-state index contributed by atoms with van der Waals surface area (Å²) in [5.41, 5.74) is 0.0663. The fraction of sp³-hybridized carbons (Fsp3) is 0.100. The number of carbonyl (C=O) groups excluding carboxylic acids is 1. The summed E-state index contributed by atoms with van der Waals surface area (Å²) in [5.74, 6) is -1.07. The van der Waals surface area contributed by atoms with Gasteiger partial charge < -0.3 is 5.32 Å². The van der Waals surface area contributed by atoms with Crippen molar-refractivity contribution in [3.8, 4) is 0 Å². The lowest BCUT2D eigenvalue weighted by Crippen LogP contribution is -2.23. The normalized spacial score (nSPS) is 10.1. The standard InChI is InChI=1S/C10H8FN3OS/c11-8-3-1-2-7(14-8)10(15)13-6-9-12-4-5-16-9/h1-5H,6H2,(H,13,15). The van der Waals surface area contributed by atoms with Crippen LogP contribution in [0.15, 0.2) is 29.8 Å². The minimum absolute atomic E-state index is 0.0663. The Morgan fingerprint density at radius 1 is 1.50 bits per heavy atom. The maximum absolute atomic E-state index is 12.7. The van der Waals surface area contributed by atoms with Crippen molar-refractivity contribution in [3.05, 3.63) is 46.4 Å². The molecule has 2 aromatic heterocycles. The Morgan fingerprint density at radius 3 is 3.06 bits per heavy atom. The van der Waals surface area contributed by atoms with Crippen LogP contribution in [0.5, 0.6) is 0 Å². The lowest BCUT2D eigenvalue weighted by molar-refractivity contribution is 0.0944. The third-order valence-electron chi connectivity index (χ3n) is 1.83. The smallest absolute Gasteiger partial charge is 0.270 e. The predicted molar refractivity (Wildman–Crippen MR) is 57.5 cm³/mol. The van der Waals surface area contributed by atoms with E-state index < -0.39 is 11.9 Å². The highest BCUT2D eigenvalue weighted by molar-refractivity contribution is 7.09. The number of hydrogen-bond donors (Lipinski definition) is 1. The van der Waals surface area contributed by atoms with Gasteiger partial charge in [-0.05, 0) is 12.1 Å². The Balaban J connectivity index is 1.98. The molecule has 0 aliphatic rings. The van der Waals surface area contributed by atoms with Crippen LogP contribution in [0.3, 0.4) is 0 Å². The SMILES string of the molecule is O=C(NCc1nccs1)c1cccc(F)n1. The molecule has 1 N–H and O–H groups in total. The van der Waals surface area contributed by atoms with Gasteiger partial charge in [-0.2, -0.15) is 4.39 Å². The highest BCUT2D eigenvalue weighted by atomic mass is 32.1. The zero-order valence-corrected chi connectivity index (χ0v) is 9.00. The van der Waals surface area contributed by atoms with Crippen LogP contribution in [-0.2, 0) is 6.54 Å². The van der Waals surface area contributed by atoms with E-state index in [9.17, 15) is 9.18 Å². The summed E-state index contributed by atoms with van der Waals surface area (Å²) in [4.78, 5) is 19.0. The average Bonchev–Trinajstić information content (AvgIpc) is 2.78. The van der Waals surface area contributed by atoms with Crippen LogP contribution < -0.4 is 5.32 Å². The first-order chi connectivity index (χ1) is 7.75. The molecule has 0 spiro atoms. The highest BCUT2D eigenvalue weighted by Crippen LogP contribution is 2.03. The number of pyridine rings is 1. The van der Waals surface area contributed by atoms with Crippen molar-refractivity contribution >= 4 is 17.2 Å². The summed E-state index contributed by atoms with van der Waals surface area (Å²) < 4.78 is 12.7. The Bertz CT molecular complexity index is 487. The first-order valence-corrected chi connectivity index (χ1v) is 5.43. The molecular weight excluding hydrogens is 229 g/mol. The number of nitrogens with one attached hydrogen (secondary N) is 1. The Hall–Kier alpha value is -1.82. The van der Waals surface area contributed by atoms with Crippen molar-refractivity contribution in [2.24, 2.45) is 0 Å². The van der Waals surface area contributed by atoms with Gasteiger partial charge in [-0.15, -0.1) is 11.3 Å². The van der Waals surface area contributed by atoms with Gasteiger partial charge in [0, 0.05) is 11.6 Å². The van der Waals surface area contributed by atoms with Gasteiger partial charge >= 0.3 is 0 Å². The molecule has 0 saturated carbocycles. The molecule has 1 amide bonds. The Morgan fingerprint density at radius 2 is 2.38 bits per heavy atom. The summed E-state index contributed by atoms with van der Waals surface area (Å²) in [5, 5.41) is 5.23. The van der Waals surface area contributed by atoms with Gasteiger partial charge in [-0.25, -0.2) is 9.97 Å². The molecule has 0 unspecified atom stereocenters. The molecule has 0 fully saturated rings. The van der Waals surface area contributed by atoms with Crippen LogP contribution in [0.25, 0.3) is 0 Å². The van der Waals surface area contributed by atoms with E-state index >= 15 is 0 Å². The summed E-state index contributed by atoms with van der Waals surface area (Å²) in [6.45, 7) is 0.328. The third-order valence-corrected chi connectivity index (χ3v) is 2.61. The van der Waals surface area contributed by atoms with Crippen molar-refractivity contribution in [1.29, 1.82) is 0 Å². The van der Waals surface area contributed by atoms with E-state index in [1.54, 1.807) is 6.20 Å². The predicted octanol–water partition coefficient (Wildman–Crippen LogP) is 1.61. The zero-order valence-electron chi connectivity index (χ0n) is 8.18. The molecule has 0 saturated heterocycles. The van der Waals surface area contributed by atoms with Crippen molar-refractivity contribution in [2.75, 3.05) is 0 Å². The maximum Gasteiger partial charge on any atom is 0.270 e. The number of hydrogen-bond acceptors (Lipinski definition) is 4. The molecule has 2 aromatic rings. The molecule has 0 radical (unpaired) electrons. The van der Waals surface area contributed by atoms with Crippen molar-refractivity contribution in [2.45, 2.75) is 6.54 Å². The fourth-order valence-electron chi connectivity index (χ4n) is 1.12. The largest absolute Gasteiger partial charge is 0.344 e. The fourth-order valence-corrected chi connectivity index (χ4v) is 1.68. The molecule has 2 heterocycles. The van der Waals surface area contributed by atoms with E-state index in [2.05, 4.69) is 15.3 Å². The first-order valence-electron chi connectivity index (χ1n) is 4.55. The number of thiazole rings is 1. The molecule has 4 nitrogen and oxygen atoms in total. The number of nitrogens with zero attached hydrogens (tertiary/aromatic N) is 2. The van der Waals surface area contributed by atoms with Crippen LogP contribution in [0.4, 0.5) is 4.39 Å². The van der Waals surface area contributed by atoms with E-state index in [4.69, 9.17) is 0 Å². The van der Waals surface area contributed by atoms with Crippen LogP contribution in [0.2, 0.25) is 0 Å². The van der Waals surface area contributed by atoms with Gasteiger partial charge in [-0.1, -0.05) is 6.07 Å². The molecule has 0 aliphatic carbocycles. The molecule has 0 aliphatic heterocycles. The minimum atomic E-state index is -0.665. The van der Waals surface area contributed by atoms with Gasteiger partial charge in [0.15, 0.2) is 0 Å². The van der Waals surface area contributed by atoms with Crippen LogP contribution in [0, 0.1) is 5.95 Å². The lowest BCUT2D eigenvalue weighted by Gasteiger charge is -2.01. The summed E-state index contributed by atoms with van der Waals surface area (Å²) >= 11 is 1.44. The number of aromatic nitrogens is 2. The highest BCUT2D eigenvalue weighted by Gasteiger charge is 2.07. The summed E-state index contributed by atoms with van der Waals surface area (Å²) in [7, 11) is 0. The van der Waals surface area contributed by atoms with E-state index in [1.165, 1.54) is 29.5 Å². The van der Waals surface area contributed by atoms with Crippen LogP contribution >= 0.6 is 11.3 Å². The second-order valence-electron chi connectivity index (χ2n) is 2.95. The van der Waals surface area contributed by atoms with Gasteiger partial charge in [0.1, 0.15) is 10.7 Å². The zero-order chi connectivity index (χ0) is 11.4. The third kappa shape index (κ3) is 2.60. The molecule has 16 heavy (non-hydrogen) atoms. The van der Waals surface area contributed by atoms with Crippen molar-refractivity contribution < 1.29 is 9.18 Å². The molecular formula is C10H8FN3OS. The summed E-state index contributed by atoms with van der Waals surface area (Å²) in [6.07, 6.45) is 1.66. The molecule has 2 rings (SSSR count). The number of halogens is 1.